The van der Waals surface area contributed by atoms with Crippen molar-refractivity contribution < 1.29 is 19.4 Å². The molecule has 0 atom stereocenters. The van der Waals surface area contributed by atoms with Gasteiger partial charge in [-0.15, -0.1) is 0 Å². The van der Waals surface area contributed by atoms with Crippen LogP contribution in [0.15, 0.2) is 41.5 Å². The predicted octanol–water partition coefficient (Wildman–Crippen LogP) is 2.92. The Labute approximate surface area is 152 Å². The van der Waals surface area contributed by atoms with E-state index in [-0.39, 0.29) is 11.6 Å². The minimum Gasteiger partial charge on any atom is -0.497 e. The number of benzene rings is 2. The zero-order valence-corrected chi connectivity index (χ0v) is 14.3. The summed E-state index contributed by atoms with van der Waals surface area (Å²) < 4.78 is 5.12. The maximum atomic E-state index is 11.3. The summed E-state index contributed by atoms with van der Waals surface area (Å²) in [7, 11) is 1.48. The molecule has 0 unspecified atom stereocenters. The fourth-order valence-electron chi connectivity index (χ4n) is 2.13. The SMILES string of the molecule is COc1ccc(NC(C)=O)c(/C=N/Nc2ccc([N+](=O)[O-])cc2[N+](=O)[O-])c1. The van der Waals surface area contributed by atoms with Gasteiger partial charge in [-0.05, 0) is 24.3 Å². The summed E-state index contributed by atoms with van der Waals surface area (Å²) in [6.07, 6.45) is 1.33. The zero-order chi connectivity index (χ0) is 20.0. The number of carbonyl (C=O) groups excluding carboxylic acids is 1. The summed E-state index contributed by atoms with van der Waals surface area (Å²) >= 11 is 0. The number of amides is 1. The molecule has 27 heavy (non-hydrogen) atoms. The minimum atomic E-state index is -0.751. The van der Waals surface area contributed by atoms with Gasteiger partial charge in [0.15, 0.2) is 0 Å². The van der Waals surface area contributed by atoms with Gasteiger partial charge in [-0.1, -0.05) is 0 Å². The zero-order valence-electron chi connectivity index (χ0n) is 14.3. The van der Waals surface area contributed by atoms with E-state index >= 15 is 0 Å². The van der Waals surface area contributed by atoms with Crippen LogP contribution in [0.25, 0.3) is 0 Å². The number of anilines is 2. The van der Waals surface area contributed by atoms with Crippen molar-refractivity contribution in [2.75, 3.05) is 17.9 Å². The van der Waals surface area contributed by atoms with Gasteiger partial charge in [0, 0.05) is 24.2 Å². The van der Waals surface area contributed by atoms with E-state index in [0.29, 0.717) is 17.0 Å². The molecule has 11 nitrogen and oxygen atoms in total. The maximum absolute atomic E-state index is 11.3. The van der Waals surface area contributed by atoms with E-state index in [9.17, 15) is 25.0 Å². The Hall–Kier alpha value is -4.02. The molecule has 2 aromatic carbocycles. The third-order valence-electron chi connectivity index (χ3n) is 3.35. The van der Waals surface area contributed by atoms with Crippen LogP contribution in [0.4, 0.5) is 22.7 Å². The Balaban J connectivity index is 2.30. The Morgan fingerprint density at radius 2 is 1.81 bits per heavy atom. The Morgan fingerprint density at radius 1 is 1.11 bits per heavy atom. The van der Waals surface area contributed by atoms with Crippen molar-refractivity contribution in [3.63, 3.8) is 0 Å². The van der Waals surface area contributed by atoms with Gasteiger partial charge in [0.25, 0.3) is 5.69 Å². The normalized spacial score (nSPS) is 10.4. The Bertz CT molecular complexity index is 928. The smallest absolute Gasteiger partial charge is 0.301 e. The number of nitro benzene ring substituents is 2. The first kappa shape index (κ1) is 19.3. The van der Waals surface area contributed by atoms with Crippen LogP contribution in [-0.4, -0.2) is 29.1 Å². The van der Waals surface area contributed by atoms with Gasteiger partial charge in [0.2, 0.25) is 5.91 Å². The second-order valence-corrected chi connectivity index (χ2v) is 5.22. The van der Waals surface area contributed by atoms with Crippen molar-refractivity contribution in [1.29, 1.82) is 0 Å². The van der Waals surface area contributed by atoms with E-state index in [1.807, 2.05) is 0 Å². The number of hydrogen-bond acceptors (Lipinski definition) is 8. The minimum absolute atomic E-state index is 0.0224. The summed E-state index contributed by atoms with van der Waals surface area (Å²) in [6.45, 7) is 1.35. The predicted molar refractivity (Wildman–Crippen MR) is 98.3 cm³/mol. The molecule has 1 amide bonds. The quantitative estimate of drug-likeness (QED) is 0.430. The third kappa shape index (κ3) is 4.98. The van der Waals surface area contributed by atoms with E-state index in [0.717, 1.165) is 12.1 Å². The summed E-state index contributed by atoms with van der Waals surface area (Å²) in [4.78, 5) is 31.7. The first-order valence-electron chi connectivity index (χ1n) is 7.49. The van der Waals surface area contributed by atoms with Gasteiger partial charge in [0.1, 0.15) is 11.4 Å². The Kier molecular flexibility index (Phi) is 5.99. The van der Waals surface area contributed by atoms with Crippen LogP contribution in [0.5, 0.6) is 5.75 Å². The lowest BCUT2D eigenvalue weighted by Gasteiger charge is -2.08. The number of nitro groups is 2. The first-order valence-corrected chi connectivity index (χ1v) is 7.49. The van der Waals surface area contributed by atoms with Crippen LogP contribution in [0.3, 0.4) is 0 Å². The molecule has 0 heterocycles. The average molecular weight is 373 g/mol. The molecule has 0 aromatic heterocycles. The van der Waals surface area contributed by atoms with Crippen LogP contribution in [-0.2, 0) is 4.79 Å². The lowest BCUT2D eigenvalue weighted by Crippen LogP contribution is -2.08. The van der Waals surface area contributed by atoms with Crippen molar-refractivity contribution in [1.82, 2.24) is 0 Å². The number of carbonyl (C=O) groups is 1. The van der Waals surface area contributed by atoms with Crippen molar-refractivity contribution in [2.45, 2.75) is 6.92 Å². The molecule has 2 rings (SSSR count). The van der Waals surface area contributed by atoms with E-state index in [1.54, 1.807) is 18.2 Å². The standard InChI is InChI=1S/C16H15N5O6/c1-10(22)18-14-6-4-13(27-2)7-11(14)9-17-19-15-5-3-12(20(23)24)8-16(15)21(25)26/h3-9,19H,1-2H3,(H,18,22)/b17-9+. The van der Waals surface area contributed by atoms with Crippen molar-refractivity contribution >= 4 is 34.9 Å². The number of hydrazone groups is 1. The highest BCUT2D eigenvalue weighted by atomic mass is 16.6. The molecular formula is C16H15N5O6. The van der Waals surface area contributed by atoms with Crippen LogP contribution in [0, 0.1) is 20.2 Å². The van der Waals surface area contributed by atoms with Crippen LogP contribution in [0.2, 0.25) is 0 Å². The highest BCUT2D eigenvalue weighted by molar-refractivity contribution is 5.97. The molecule has 0 bridgehead atoms. The Morgan fingerprint density at radius 3 is 2.41 bits per heavy atom. The van der Waals surface area contributed by atoms with E-state index in [4.69, 9.17) is 4.74 Å². The second kappa shape index (κ2) is 8.38. The molecule has 2 N–H and O–H groups in total. The van der Waals surface area contributed by atoms with Gasteiger partial charge in [-0.2, -0.15) is 5.10 Å². The van der Waals surface area contributed by atoms with Crippen molar-refractivity contribution in [2.24, 2.45) is 5.10 Å². The van der Waals surface area contributed by atoms with E-state index in [1.165, 1.54) is 26.3 Å². The van der Waals surface area contributed by atoms with Crippen LogP contribution >= 0.6 is 0 Å². The topological polar surface area (TPSA) is 149 Å². The maximum Gasteiger partial charge on any atom is 0.301 e. The number of non-ortho nitro benzene ring substituents is 1. The summed E-state index contributed by atoms with van der Waals surface area (Å²) in [5.41, 5.74) is 2.51. The second-order valence-electron chi connectivity index (χ2n) is 5.22. The van der Waals surface area contributed by atoms with Gasteiger partial charge < -0.3 is 10.1 Å². The molecule has 2 aromatic rings. The molecular weight excluding hydrogens is 358 g/mol. The van der Waals surface area contributed by atoms with E-state index < -0.39 is 21.2 Å². The fourth-order valence-corrected chi connectivity index (χ4v) is 2.13. The summed E-state index contributed by atoms with van der Waals surface area (Å²) in [6, 6.07) is 8.03. The van der Waals surface area contributed by atoms with Gasteiger partial charge in [-0.3, -0.25) is 30.4 Å². The summed E-state index contributed by atoms with van der Waals surface area (Å²) in [5.74, 6) is 0.237. The summed E-state index contributed by atoms with van der Waals surface area (Å²) in [5, 5.41) is 28.4. The number of ether oxygens (including phenoxy) is 1. The lowest BCUT2D eigenvalue weighted by atomic mass is 10.2. The fraction of sp³-hybridized carbons (Fsp3) is 0.125. The third-order valence-corrected chi connectivity index (χ3v) is 3.35. The molecule has 0 aliphatic rings. The van der Waals surface area contributed by atoms with Crippen molar-refractivity contribution in [3.05, 3.63) is 62.2 Å². The molecule has 0 spiro atoms. The molecule has 11 heteroatoms. The number of nitrogens with zero attached hydrogens (tertiary/aromatic N) is 3. The molecule has 0 aliphatic heterocycles. The van der Waals surface area contributed by atoms with Gasteiger partial charge >= 0.3 is 5.69 Å². The van der Waals surface area contributed by atoms with E-state index in [2.05, 4.69) is 15.8 Å². The highest BCUT2D eigenvalue weighted by Gasteiger charge is 2.19. The number of rotatable bonds is 7. The molecule has 0 saturated heterocycles. The monoisotopic (exact) mass is 373 g/mol. The molecule has 0 radical (unpaired) electrons. The first-order chi connectivity index (χ1) is 12.8. The van der Waals surface area contributed by atoms with Crippen LogP contribution < -0.4 is 15.5 Å². The molecule has 140 valence electrons. The lowest BCUT2D eigenvalue weighted by molar-refractivity contribution is -0.393. The van der Waals surface area contributed by atoms with Crippen LogP contribution in [0.1, 0.15) is 12.5 Å². The molecule has 0 aliphatic carbocycles. The molecule has 0 fully saturated rings. The average Bonchev–Trinajstić information content (AvgIpc) is 2.62. The highest BCUT2D eigenvalue weighted by Crippen LogP contribution is 2.29. The molecule has 0 saturated carbocycles. The number of methoxy groups -OCH3 is 1. The van der Waals surface area contributed by atoms with Crippen molar-refractivity contribution in [3.8, 4) is 5.75 Å². The number of nitrogens with one attached hydrogen (secondary N) is 2. The van der Waals surface area contributed by atoms with Gasteiger partial charge in [0.05, 0.1) is 29.2 Å². The number of hydrogen-bond donors (Lipinski definition) is 2. The largest absolute Gasteiger partial charge is 0.497 e. The van der Waals surface area contributed by atoms with Gasteiger partial charge in [-0.25, -0.2) is 0 Å².